The number of benzene rings is 1. The number of anilines is 1. The van der Waals surface area contributed by atoms with Gasteiger partial charge in [-0.2, -0.15) is 10.4 Å². The van der Waals surface area contributed by atoms with E-state index in [1.807, 2.05) is 18.5 Å². The molecule has 6 heteroatoms. The lowest BCUT2D eigenvalue weighted by molar-refractivity contribution is 0.619. The van der Waals surface area contributed by atoms with E-state index in [4.69, 9.17) is 28.5 Å². The minimum atomic E-state index is 0.508. The van der Waals surface area contributed by atoms with E-state index in [0.717, 1.165) is 24.4 Å². The van der Waals surface area contributed by atoms with Gasteiger partial charge in [-0.25, -0.2) is 0 Å². The molecule has 0 aliphatic carbocycles. The smallest absolute Gasteiger partial charge is 0.0992 e. The van der Waals surface area contributed by atoms with E-state index in [2.05, 4.69) is 16.5 Å². The Morgan fingerprint density at radius 2 is 2.10 bits per heavy atom. The highest BCUT2D eigenvalue weighted by atomic mass is 35.5. The Bertz CT molecular complexity index is 686. The summed E-state index contributed by atoms with van der Waals surface area (Å²) in [6.45, 7) is 5.31. The van der Waals surface area contributed by atoms with Crippen LogP contribution in [-0.2, 0) is 19.5 Å². The summed E-state index contributed by atoms with van der Waals surface area (Å²) in [5.74, 6) is 0. The van der Waals surface area contributed by atoms with Gasteiger partial charge in [-0.1, -0.05) is 30.1 Å². The van der Waals surface area contributed by atoms with Crippen LogP contribution in [0, 0.1) is 11.3 Å². The maximum Gasteiger partial charge on any atom is 0.0992 e. The van der Waals surface area contributed by atoms with Gasteiger partial charge < -0.3 is 5.32 Å². The molecular formula is C15H16Cl2N4. The van der Waals surface area contributed by atoms with E-state index in [1.54, 1.807) is 18.2 Å². The fraction of sp³-hybridized carbons (Fsp3) is 0.333. The van der Waals surface area contributed by atoms with Crippen molar-refractivity contribution in [2.45, 2.75) is 33.4 Å². The molecule has 0 radical (unpaired) electrons. The largest absolute Gasteiger partial charge is 0.378 e. The molecule has 0 aliphatic rings. The number of nitrogens with one attached hydrogen (secondary N) is 1. The summed E-state index contributed by atoms with van der Waals surface area (Å²) in [5.41, 5.74) is 3.10. The number of aromatic nitrogens is 2. The Labute approximate surface area is 134 Å². The zero-order chi connectivity index (χ0) is 15.4. The molecule has 4 nitrogen and oxygen atoms in total. The summed E-state index contributed by atoms with van der Waals surface area (Å²) in [6, 6.07) is 7.22. The number of rotatable bonds is 5. The molecule has 1 N–H and O–H groups in total. The van der Waals surface area contributed by atoms with Crippen molar-refractivity contribution in [3.05, 3.63) is 45.2 Å². The molecule has 0 aliphatic heterocycles. The maximum absolute atomic E-state index is 8.94. The summed E-state index contributed by atoms with van der Waals surface area (Å²) in [4.78, 5) is 0. The molecule has 0 unspecified atom stereocenters. The number of halogens is 2. The van der Waals surface area contributed by atoms with Gasteiger partial charge in [-0.15, -0.1) is 0 Å². The highest BCUT2D eigenvalue weighted by molar-refractivity contribution is 6.33. The summed E-state index contributed by atoms with van der Waals surface area (Å²) in [7, 11) is 0. The molecule has 0 bridgehead atoms. The zero-order valence-corrected chi connectivity index (χ0v) is 13.5. The molecule has 0 saturated heterocycles. The van der Waals surface area contributed by atoms with Crippen LogP contribution in [0.4, 0.5) is 5.69 Å². The first-order chi connectivity index (χ1) is 10.1. The second-order valence-electron chi connectivity index (χ2n) is 4.54. The fourth-order valence-electron chi connectivity index (χ4n) is 2.10. The van der Waals surface area contributed by atoms with Gasteiger partial charge >= 0.3 is 0 Å². The average molecular weight is 323 g/mol. The molecule has 0 fully saturated rings. The number of hydrogen-bond donors (Lipinski definition) is 1. The summed E-state index contributed by atoms with van der Waals surface area (Å²) in [6.07, 6.45) is 0.795. The summed E-state index contributed by atoms with van der Waals surface area (Å²) in [5, 5.41) is 17.9. The summed E-state index contributed by atoms with van der Waals surface area (Å²) < 4.78 is 1.89. The predicted molar refractivity (Wildman–Crippen MR) is 85.8 cm³/mol. The van der Waals surface area contributed by atoms with Crippen LogP contribution in [0.5, 0.6) is 0 Å². The molecule has 0 atom stereocenters. The molecule has 0 spiro atoms. The first-order valence-corrected chi connectivity index (χ1v) is 7.53. The lowest BCUT2D eigenvalue weighted by Gasteiger charge is -2.10. The maximum atomic E-state index is 8.94. The van der Waals surface area contributed by atoms with E-state index in [9.17, 15) is 0 Å². The van der Waals surface area contributed by atoms with Crippen LogP contribution in [-0.4, -0.2) is 9.78 Å². The highest BCUT2D eigenvalue weighted by Crippen LogP contribution is 2.26. The molecule has 21 heavy (non-hydrogen) atoms. The van der Waals surface area contributed by atoms with E-state index in [-0.39, 0.29) is 0 Å². The van der Waals surface area contributed by atoms with Crippen molar-refractivity contribution < 1.29 is 0 Å². The first kappa shape index (κ1) is 15.7. The van der Waals surface area contributed by atoms with Gasteiger partial charge in [0, 0.05) is 6.54 Å². The van der Waals surface area contributed by atoms with E-state index < -0.39 is 0 Å². The van der Waals surface area contributed by atoms with Gasteiger partial charge in [-0.05, 0) is 31.5 Å². The van der Waals surface area contributed by atoms with Crippen molar-refractivity contribution in [2.75, 3.05) is 5.32 Å². The van der Waals surface area contributed by atoms with Gasteiger partial charge in [0.05, 0.1) is 45.3 Å². The predicted octanol–water partition coefficient (Wildman–Crippen LogP) is 4.26. The van der Waals surface area contributed by atoms with E-state index in [0.29, 0.717) is 27.8 Å². The van der Waals surface area contributed by atoms with Crippen LogP contribution in [0.1, 0.15) is 30.8 Å². The van der Waals surface area contributed by atoms with Gasteiger partial charge in [-0.3, -0.25) is 4.68 Å². The van der Waals surface area contributed by atoms with Crippen LogP contribution in [0.2, 0.25) is 10.0 Å². The monoisotopic (exact) mass is 322 g/mol. The third-order valence-corrected chi connectivity index (χ3v) is 4.00. The second-order valence-corrected chi connectivity index (χ2v) is 5.32. The molecule has 2 aromatic rings. The van der Waals surface area contributed by atoms with Crippen molar-refractivity contribution in [3.63, 3.8) is 0 Å². The first-order valence-electron chi connectivity index (χ1n) is 6.78. The van der Waals surface area contributed by atoms with Crippen molar-refractivity contribution in [3.8, 4) is 6.07 Å². The van der Waals surface area contributed by atoms with Crippen LogP contribution in [0.25, 0.3) is 0 Å². The fourth-order valence-corrected chi connectivity index (χ4v) is 2.62. The van der Waals surface area contributed by atoms with Crippen LogP contribution in [0.15, 0.2) is 18.2 Å². The van der Waals surface area contributed by atoms with Crippen molar-refractivity contribution >= 4 is 28.9 Å². The average Bonchev–Trinajstić information content (AvgIpc) is 2.82. The Balaban J connectivity index is 2.24. The minimum absolute atomic E-state index is 0.508. The standard InChI is InChI=1S/C15H16Cl2N4/c1-3-12-15(17)14(21(4-2)20-12)9-19-13-7-10(8-18)5-6-11(13)16/h5-7,19H,3-4,9H2,1-2H3. The Morgan fingerprint density at radius 1 is 1.33 bits per heavy atom. The lowest BCUT2D eigenvalue weighted by atomic mass is 10.2. The van der Waals surface area contributed by atoms with Crippen molar-refractivity contribution in [1.29, 1.82) is 5.26 Å². The number of nitriles is 1. The highest BCUT2D eigenvalue weighted by Gasteiger charge is 2.14. The summed E-state index contributed by atoms with van der Waals surface area (Å²) >= 11 is 12.5. The van der Waals surface area contributed by atoms with Gasteiger partial charge in [0.15, 0.2) is 0 Å². The Kier molecular flexibility index (Phi) is 5.11. The SMILES string of the molecule is CCc1nn(CC)c(CNc2cc(C#N)ccc2Cl)c1Cl. The number of hydrogen-bond acceptors (Lipinski definition) is 3. The van der Waals surface area contributed by atoms with Crippen LogP contribution in [0.3, 0.4) is 0 Å². The molecule has 1 heterocycles. The third kappa shape index (κ3) is 3.31. The molecule has 1 aromatic carbocycles. The normalized spacial score (nSPS) is 10.4. The van der Waals surface area contributed by atoms with E-state index >= 15 is 0 Å². The zero-order valence-electron chi connectivity index (χ0n) is 12.0. The van der Waals surface area contributed by atoms with Crippen molar-refractivity contribution in [1.82, 2.24) is 9.78 Å². The molecular weight excluding hydrogens is 307 g/mol. The topological polar surface area (TPSA) is 53.6 Å². The van der Waals surface area contributed by atoms with Crippen LogP contribution < -0.4 is 5.32 Å². The molecule has 1 aromatic heterocycles. The van der Waals surface area contributed by atoms with Gasteiger partial charge in [0.2, 0.25) is 0 Å². The Morgan fingerprint density at radius 3 is 2.71 bits per heavy atom. The van der Waals surface area contributed by atoms with Crippen LogP contribution >= 0.6 is 23.2 Å². The second kappa shape index (κ2) is 6.84. The quantitative estimate of drug-likeness (QED) is 0.894. The minimum Gasteiger partial charge on any atom is -0.378 e. The van der Waals surface area contributed by atoms with Crippen molar-refractivity contribution in [2.24, 2.45) is 0 Å². The third-order valence-electron chi connectivity index (χ3n) is 3.24. The van der Waals surface area contributed by atoms with Gasteiger partial charge in [0.25, 0.3) is 0 Å². The van der Waals surface area contributed by atoms with Gasteiger partial charge in [0.1, 0.15) is 0 Å². The molecule has 0 amide bonds. The lowest BCUT2D eigenvalue weighted by Crippen LogP contribution is -2.08. The number of nitrogens with zero attached hydrogens (tertiary/aromatic N) is 3. The van der Waals surface area contributed by atoms with E-state index in [1.165, 1.54) is 0 Å². The molecule has 110 valence electrons. The number of aryl methyl sites for hydroxylation is 2. The molecule has 2 rings (SSSR count). The Hall–Kier alpha value is -1.70. The molecule has 0 saturated carbocycles.